The average molecular weight is 300 g/mol. The maximum Gasteiger partial charge on any atom is 2.00 e. The maximum absolute atomic E-state index is 11.2. The Hall–Kier alpha value is 0.236. The summed E-state index contributed by atoms with van der Waals surface area (Å²) in [4.78, 5) is 11.2. The minimum atomic E-state index is -0.586. The predicted molar refractivity (Wildman–Crippen MR) is 60.8 cm³/mol. The minimum Gasteiger partial charge on any atom is -1.00 e. The molecule has 3 nitrogen and oxygen atoms in total. The summed E-state index contributed by atoms with van der Waals surface area (Å²) in [6.07, 6.45) is 6.97. The molecular formula is C11H18BrMgNO2. The first kappa shape index (κ1) is 21.5. The second kappa shape index (κ2) is 8.35. The summed E-state index contributed by atoms with van der Waals surface area (Å²) >= 11 is 0. The molecule has 0 heterocycles. The van der Waals surface area contributed by atoms with Crippen LogP contribution in [0.5, 0.6) is 0 Å². The maximum atomic E-state index is 11.2. The van der Waals surface area contributed by atoms with E-state index in [0.29, 0.717) is 0 Å². The zero-order valence-corrected chi connectivity index (χ0v) is 13.6. The Bertz CT molecular complexity index is 254. The van der Waals surface area contributed by atoms with E-state index in [4.69, 9.17) is 11.2 Å². The SMILES string of the molecule is [Br-].[C-]#CC(C)(C)NCC(=O)OC(C)(C)C.[Mg+2]. The molecule has 0 aliphatic heterocycles. The number of nitrogens with one attached hydrogen (secondary N) is 1. The van der Waals surface area contributed by atoms with Gasteiger partial charge >= 0.3 is 29.0 Å². The third kappa shape index (κ3) is 12.3. The van der Waals surface area contributed by atoms with E-state index < -0.39 is 11.1 Å². The van der Waals surface area contributed by atoms with Crippen LogP contribution >= 0.6 is 0 Å². The molecule has 0 aromatic carbocycles. The van der Waals surface area contributed by atoms with Crippen molar-refractivity contribution in [1.29, 1.82) is 0 Å². The topological polar surface area (TPSA) is 38.3 Å². The molecule has 0 spiro atoms. The molecule has 0 amide bonds. The first-order valence-corrected chi connectivity index (χ1v) is 4.57. The molecule has 0 aliphatic carbocycles. The Kier molecular flexibility index (Phi) is 11.2. The van der Waals surface area contributed by atoms with Crippen LogP contribution in [0.15, 0.2) is 0 Å². The number of rotatable bonds is 3. The Balaban J connectivity index is -0.000000845. The molecule has 0 rings (SSSR count). The fourth-order valence-electron chi connectivity index (χ4n) is 0.715. The Morgan fingerprint density at radius 2 is 1.75 bits per heavy atom. The second-order valence-electron chi connectivity index (χ2n) is 4.69. The van der Waals surface area contributed by atoms with Crippen molar-refractivity contribution in [1.82, 2.24) is 5.32 Å². The normalized spacial score (nSPS) is 10.5. The zero-order chi connectivity index (χ0) is 11.4. The van der Waals surface area contributed by atoms with Gasteiger partial charge in [-0.3, -0.25) is 10.1 Å². The number of hydrogen-bond acceptors (Lipinski definition) is 3. The van der Waals surface area contributed by atoms with Gasteiger partial charge in [0.2, 0.25) is 0 Å². The second-order valence-corrected chi connectivity index (χ2v) is 4.69. The molecule has 0 radical (unpaired) electrons. The van der Waals surface area contributed by atoms with Crippen molar-refractivity contribution in [3.8, 4) is 5.92 Å². The standard InChI is InChI=1S/C11H18NO2.BrH.Mg/c1-7-11(5,6)12-8-9(13)14-10(2,3)4;;/h12H,8H2,2-6H3;1H;/q-1;;+2/p-1. The van der Waals surface area contributed by atoms with Crippen molar-refractivity contribution >= 4 is 29.0 Å². The van der Waals surface area contributed by atoms with Crippen molar-refractivity contribution in [3.63, 3.8) is 0 Å². The van der Waals surface area contributed by atoms with E-state index in [1.54, 1.807) is 13.8 Å². The van der Waals surface area contributed by atoms with Crippen molar-refractivity contribution in [2.24, 2.45) is 0 Å². The van der Waals surface area contributed by atoms with Gasteiger partial charge < -0.3 is 34.1 Å². The molecule has 0 saturated carbocycles. The van der Waals surface area contributed by atoms with Crippen LogP contribution in [0.2, 0.25) is 0 Å². The van der Waals surface area contributed by atoms with Crippen molar-refractivity contribution < 1.29 is 26.5 Å². The minimum absolute atomic E-state index is 0. The summed E-state index contributed by atoms with van der Waals surface area (Å²) in [5, 5.41) is 2.86. The smallest absolute Gasteiger partial charge is 1.00 e. The Morgan fingerprint density at radius 3 is 2.06 bits per heavy atom. The van der Waals surface area contributed by atoms with Gasteiger partial charge in [-0.25, -0.2) is 0 Å². The van der Waals surface area contributed by atoms with Crippen molar-refractivity contribution in [3.05, 3.63) is 6.42 Å². The molecule has 0 aromatic heterocycles. The average Bonchev–Trinajstić information content (AvgIpc) is 1.98. The van der Waals surface area contributed by atoms with E-state index >= 15 is 0 Å². The monoisotopic (exact) mass is 299 g/mol. The summed E-state index contributed by atoms with van der Waals surface area (Å²) < 4.78 is 5.09. The van der Waals surface area contributed by atoms with Crippen LogP contribution in [0.1, 0.15) is 34.6 Å². The van der Waals surface area contributed by atoms with E-state index in [1.165, 1.54) is 0 Å². The molecule has 0 saturated heterocycles. The molecule has 0 aliphatic rings. The van der Waals surface area contributed by atoms with Crippen LogP contribution in [0.4, 0.5) is 0 Å². The summed E-state index contributed by atoms with van der Waals surface area (Å²) in [5.74, 6) is 1.97. The number of esters is 1. The number of ether oxygens (including phenoxy) is 1. The van der Waals surface area contributed by atoms with Gasteiger partial charge in [-0.05, 0) is 34.6 Å². The first-order valence-electron chi connectivity index (χ1n) is 4.57. The number of carbonyl (C=O) groups is 1. The molecule has 0 aromatic rings. The van der Waals surface area contributed by atoms with Gasteiger partial charge in [0.15, 0.2) is 0 Å². The van der Waals surface area contributed by atoms with Crippen LogP contribution in [0.3, 0.4) is 0 Å². The van der Waals surface area contributed by atoms with E-state index in [9.17, 15) is 4.79 Å². The molecule has 1 N–H and O–H groups in total. The Labute approximate surface area is 125 Å². The molecular weight excluding hydrogens is 282 g/mol. The van der Waals surface area contributed by atoms with Crippen molar-refractivity contribution in [2.45, 2.75) is 45.8 Å². The molecule has 16 heavy (non-hydrogen) atoms. The predicted octanol–water partition coefficient (Wildman–Crippen LogP) is -2.09. The molecule has 0 fully saturated rings. The van der Waals surface area contributed by atoms with Gasteiger partial charge in [0.05, 0.1) is 6.54 Å². The van der Waals surface area contributed by atoms with Crippen LogP contribution in [-0.4, -0.2) is 46.7 Å². The number of carbonyl (C=O) groups excluding carboxylic acids is 1. The zero-order valence-electron chi connectivity index (χ0n) is 10.6. The number of halogens is 1. The fourth-order valence-corrected chi connectivity index (χ4v) is 0.715. The van der Waals surface area contributed by atoms with Crippen LogP contribution in [-0.2, 0) is 9.53 Å². The molecule has 0 atom stereocenters. The van der Waals surface area contributed by atoms with Gasteiger partial charge in [0, 0.05) is 5.54 Å². The van der Waals surface area contributed by atoms with Crippen LogP contribution < -0.4 is 22.3 Å². The van der Waals surface area contributed by atoms with E-state index in [-0.39, 0.29) is 52.5 Å². The van der Waals surface area contributed by atoms with E-state index in [1.807, 2.05) is 20.8 Å². The molecule has 5 heteroatoms. The number of hydrogen-bond donors (Lipinski definition) is 1. The third-order valence-electron chi connectivity index (χ3n) is 1.41. The molecule has 88 valence electrons. The summed E-state index contributed by atoms with van der Waals surface area (Å²) in [7, 11) is 0. The van der Waals surface area contributed by atoms with E-state index in [2.05, 4.69) is 11.2 Å². The molecule has 0 bridgehead atoms. The van der Waals surface area contributed by atoms with Gasteiger partial charge in [-0.15, -0.1) is 0 Å². The van der Waals surface area contributed by atoms with Crippen LogP contribution in [0.25, 0.3) is 0 Å². The summed E-state index contributed by atoms with van der Waals surface area (Å²) in [6, 6.07) is 0. The van der Waals surface area contributed by atoms with Gasteiger partial charge in [0.1, 0.15) is 5.60 Å². The summed E-state index contributed by atoms with van der Waals surface area (Å²) in [5.41, 5.74) is -1.05. The van der Waals surface area contributed by atoms with Gasteiger partial charge in [-0.1, -0.05) is 0 Å². The largest absolute Gasteiger partial charge is 2.00 e. The van der Waals surface area contributed by atoms with Gasteiger partial charge in [-0.2, -0.15) is 0 Å². The molecule has 0 unspecified atom stereocenters. The first-order chi connectivity index (χ1) is 6.16. The van der Waals surface area contributed by atoms with Crippen molar-refractivity contribution in [2.75, 3.05) is 6.54 Å². The van der Waals surface area contributed by atoms with Gasteiger partial charge in [0.25, 0.3) is 0 Å². The quantitative estimate of drug-likeness (QED) is 0.281. The third-order valence-corrected chi connectivity index (χ3v) is 1.41. The summed E-state index contributed by atoms with van der Waals surface area (Å²) in [6.45, 7) is 9.08. The Morgan fingerprint density at radius 1 is 1.31 bits per heavy atom. The fraction of sp³-hybridized carbons (Fsp3) is 0.727. The van der Waals surface area contributed by atoms with Crippen LogP contribution in [0, 0.1) is 12.3 Å². The van der Waals surface area contributed by atoms with E-state index in [0.717, 1.165) is 0 Å².